The zero-order valence-corrected chi connectivity index (χ0v) is 11.8. The van der Waals surface area contributed by atoms with Crippen molar-refractivity contribution in [3.8, 4) is 0 Å². The van der Waals surface area contributed by atoms with E-state index in [1.807, 2.05) is 25.7 Å². The van der Waals surface area contributed by atoms with Gasteiger partial charge in [-0.25, -0.2) is 0 Å². The summed E-state index contributed by atoms with van der Waals surface area (Å²) in [6.07, 6.45) is 2.24. The molecule has 0 spiro atoms. The minimum atomic E-state index is 0.219. The number of ketones is 1. The third kappa shape index (κ3) is 2.68. The van der Waals surface area contributed by atoms with Gasteiger partial charge >= 0.3 is 0 Å². The number of carbonyl (C=O) groups is 1. The van der Waals surface area contributed by atoms with Crippen LogP contribution in [0.5, 0.6) is 0 Å². The molecule has 0 radical (unpaired) electrons. The second-order valence-corrected chi connectivity index (χ2v) is 5.92. The highest BCUT2D eigenvalue weighted by atomic mass is 35.5. The van der Waals surface area contributed by atoms with E-state index in [0.717, 1.165) is 35.7 Å². The van der Waals surface area contributed by atoms with Crippen molar-refractivity contribution in [1.82, 2.24) is 9.78 Å². The molecule has 0 aromatic carbocycles. The van der Waals surface area contributed by atoms with Gasteiger partial charge in [0.25, 0.3) is 0 Å². The molecular formula is C12H17ClN2OS. The van der Waals surface area contributed by atoms with Crippen LogP contribution in [-0.4, -0.2) is 27.1 Å². The number of thioether (sulfide) groups is 1. The summed E-state index contributed by atoms with van der Waals surface area (Å²) in [7, 11) is 1.86. The Kier molecular flexibility index (Phi) is 4.15. The summed E-state index contributed by atoms with van der Waals surface area (Å²) in [5.41, 5.74) is 1.75. The highest BCUT2D eigenvalue weighted by Gasteiger charge is 2.25. The van der Waals surface area contributed by atoms with E-state index < -0.39 is 0 Å². The second kappa shape index (κ2) is 5.44. The van der Waals surface area contributed by atoms with E-state index in [-0.39, 0.29) is 5.92 Å². The number of carbonyl (C=O) groups excluding carboxylic acids is 1. The molecule has 3 nitrogen and oxygen atoms in total. The third-order valence-electron chi connectivity index (χ3n) is 3.23. The van der Waals surface area contributed by atoms with E-state index in [0.29, 0.717) is 17.2 Å². The molecule has 0 aliphatic carbocycles. The van der Waals surface area contributed by atoms with Gasteiger partial charge in [0.15, 0.2) is 0 Å². The summed E-state index contributed by atoms with van der Waals surface area (Å²) in [6.45, 7) is 2.02. The molecule has 1 unspecified atom stereocenters. The summed E-state index contributed by atoms with van der Waals surface area (Å²) >= 11 is 8.10. The lowest BCUT2D eigenvalue weighted by Crippen LogP contribution is -2.17. The van der Waals surface area contributed by atoms with Crippen LogP contribution in [0.1, 0.15) is 24.7 Å². The van der Waals surface area contributed by atoms with Crippen LogP contribution in [0.25, 0.3) is 0 Å². The molecule has 1 saturated heterocycles. The molecule has 0 N–H and O–H groups in total. The van der Waals surface area contributed by atoms with Crippen molar-refractivity contribution in [3.63, 3.8) is 0 Å². The van der Waals surface area contributed by atoms with Gasteiger partial charge in [0.1, 0.15) is 5.78 Å². The summed E-state index contributed by atoms with van der Waals surface area (Å²) in [6, 6.07) is 0. The zero-order chi connectivity index (χ0) is 12.4. The Morgan fingerprint density at radius 1 is 1.65 bits per heavy atom. The molecule has 1 fully saturated rings. The number of hydrogen-bond donors (Lipinski definition) is 0. The fourth-order valence-corrected chi connectivity index (χ4v) is 3.73. The van der Waals surface area contributed by atoms with Gasteiger partial charge < -0.3 is 0 Å². The second-order valence-electron chi connectivity index (χ2n) is 4.39. The Morgan fingerprint density at radius 2 is 2.41 bits per heavy atom. The Bertz CT molecular complexity index is 424. The van der Waals surface area contributed by atoms with Crippen molar-refractivity contribution in [3.05, 3.63) is 16.4 Å². The number of Topliss-reactive ketones (excluding diaryl/α,β-unsaturated/α-hetero) is 1. The third-order valence-corrected chi connectivity index (χ3v) is 4.83. The van der Waals surface area contributed by atoms with Gasteiger partial charge in [0.2, 0.25) is 0 Å². The zero-order valence-electron chi connectivity index (χ0n) is 10.2. The molecule has 1 atom stereocenters. The number of rotatable bonds is 4. The normalized spacial score (nSPS) is 19.8. The van der Waals surface area contributed by atoms with Crippen molar-refractivity contribution >= 4 is 29.1 Å². The summed E-state index contributed by atoms with van der Waals surface area (Å²) < 4.78 is 1.75. The van der Waals surface area contributed by atoms with Crippen LogP contribution in [0.15, 0.2) is 0 Å². The maximum Gasteiger partial charge on any atom is 0.142 e. The number of halogens is 1. The van der Waals surface area contributed by atoms with Crippen LogP contribution in [0.2, 0.25) is 5.02 Å². The number of aromatic nitrogens is 2. The van der Waals surface area contributed by atoms with E-state index in [4.69, 9.17) is 11.6 Å². The first kappa shape index (κ1) is 13.0. The molecule has 1 aliphatic heterocycles. The monoisotopic (exact) mass is 272 g/mol. The molecule has 5 heteroatoms. The predicted molar refractivity (Wildman–Crippen MR) is 71.7 cm³/mol. The van der Waals surface area contributed by atoms with Crippen molar-refractivity contribution in [2.75, 3.05) is 11.5 Å². The van der Waals surface area contributed by atoms with Gasteiger partial charge in [-0.2, -0.15) is 16.9 Å². The molecule has 2 heterocycles. The SMILES string of the molecule is CCc1nn(C)c(CC(=O)C2CCSC2)c1Cl. The fraction of sp³-hybridized carbons (Fsp3) is 0.667. The molecular weight excluding hydrogens is 256 g/mol. The number of aryl methyl sites for hydroxylation is 2. The molecule has 0 saturated carbocycles. The lowest BCUT2D eigenvalue weighted by atomic mass is 10.00. The van der Waals surface area contributed by atoms with Crippen LogP contribution in [0.4, 0.5) is 0 Å². The van der Waals surface area contributed by atoms with E-state index >= 15 is 0 Å². The molecule has 0 amide bonds. The maximum atomic E-state index is 12.1. The maximum absolute atomic E-state index is 12.1. The summed E-state index contributed by atoms with van der Waals surface area (Å²) in [4.78, 5) is 12.1. The van der Waals surface area contributed by atoms with Crippen molar-refractivity contribution in [2.24, 2.45) is 13.0 Å². The van der Waals surface area contributed by atoms with Crippen molar-refractivity contribution in [1.29, 1.82) is 0 Å². The molecule has 2 rings (SSSR count). The first-order valence-electron chi connectivity index (χ1n) is 5.94. The quantitative estimate of drug-likeness (QED) is 0.845. The largest absolute Gasteiger partial charge is 0.299 e. The topological polar surface area (TPSA) is 34.9 Å². The molecule has 1 aromatic rings. The highest BCUT2D eigenvalue weighted by molar-refractivity contribution is 7.99. The van der Waals surface area contributed by atoms with Gasteiger partial charge in [0, 0.05) is 18.7 Å². The highest BCUT2D eigenvalue weighted by Crippen LogP contribution is 2.27. The number of nitrogens with zero attached hydrogens (tertiary/aromatic N) is 2. The van der Waals surface area contributed by atoms with Crippen molar-refractivity contribution in [2.45, 2.75) is 26.2 Å². The van der Waals surface area contributed by atoms with Crippen LogP contribution in [0.3, 0.4) is 0 Å². The Labute approximate surface area is 111 Å². The van der Waals surface area contributed by atoms with Gasteiger partial charge in [0.05, 0.1) is 22.8 Å². The molecule has 94 valence electrons. The van der Waals surface area contributed by atoms with Crippen LogP contribution < -0.4 is 0 Å². The Balaban J connectivity index is 2.12. The van der Waals surface area contributed by atoms with Crippen molar-refractivity contribution < 1.29 is 4.79 Å². The van der Waals surface area contributed by atoms with E-state index in [1.165, 1.54) is 0 Å². The average Bonchev–Trinajstić information content (AvgIpc) is 2.92. The molecule has 1 aliphatic rings. The van der Waals surface area contributed by atoms with E-state index in [2.05, 4.69) is 5.10 Å². The molecule has 17 heavy (non-hydrogen) atoms. The fourth-order valence-electron chi connectivity index (χ4n) is 2.11. The summed E-state index contributed by atoms with van der Waals surface area (Å²) in [5, 5.41) is 5.01. The lowest BCUT2D eigenvalue weighted by Gasteiger charge is -2.07. The molecule has 1 aromatic heterocycles. The van der Waals surface area contributed by atoms with Crippen LogP contribution in [0, 0.1) is 5.92 Å². The van der Waals surface area contributed by atoms with Gasteiger partial charge in [-0.3, -0.25) is 9.48 Å². The molecule has 0 bridgehead atoms. The van der Waals surface area contributed by atoms with Crippen LogP contribution in [-0.2, 0) is 24.7 Å². The Hall–Kier alpha value is -0.480. The minimum Gasteiger partial charge on any atom is -0.299 e. The minimum absolute atomic E-state index is 0.219. The van der Waals surface area contributed by atoms with Gasteiger partial charge in [-0.15, -0.1) is 0 Å². The van der Waals surface area contributed by atoms with Crippen LogP contribution >= 0.6 is 23.4 Å². The summed E-state index contributed by atoms with van der Waals surface area (Å²) in [5.74, 6) is 2.60. The number of hydrogen-bond acceptors (Lipinski definition) is 3. The first-order valence-corrected chi connectivity index (χ1v) is 7.47. The van der Waals surface area contributed by atoms with E-state index in [9.17, 15) is 4.79 Å². The smallest absolute Gasteiger partial charge is 0.142 e. The average molecular weight is 273 g/mol. The lowest BCUT2D eigenvalue weighted by molar-refractivity contribution is -0.121. The standard InChI is InChI=1S/C12H17ClN2OS/c1-3-9-12(13)10(15(2)14-9)6-11(16)8-4-5-17-7-8/h8H,3-7H2,1-2H3. The van der Waals surface area contributed by atoms with E-state index in [1.54, 1.807) is 4.68 Å². The first-order chi connectivity index (χ1) is 8.13. The van der Waals surface area contributed by atoms with Gasteiger partial charge in [-0.05, 0) is 18.6 Å². The Morgan fingerprint density at radius 3 is 2.94 bits per heavy atom. The van der Waals surface area contributed by atoms with Gasteiger partial charge in [-0.1, -0.05) is 18.5 Å². The predicted octanol–water partition coefficient (Wildman–Crippen LogP) is 2.50.